The van der Waals surface area contributed by atoms with E-state index in [0.717, 1.165) is 10.7 Å². The number of aromatic nitrogens is 2. The van der Waals surface area contributed by atoms with Gasteiger partial charge in [-0.15, -0.1) is 11.3 Å². The van der Waals surface area contributed by atoms with Crippen LogP contribution in [0.3, 0.4) is 0 Å². The Morgan fingerprint density at radius 1 is 1.55 bits per heavy atom. The molecule has 2 aromatic rings. The topological polar surface area (TPSA) is 76.1 Å². The normalized spacial score (nSPS) is 11.8. The number of nitrogens with zero attached hydrogens (tertiary/aromatic N) is 2. The van der Waals surface area contributed by atoms with Crippen LogP contribution in [0, 0.1) is 6.92 Å². The van der Waals surface area contributed by atoms with E-state index in [1.807, 2.05) is 19.2 Å². The lowest BCUT2D eigenvalue weighted by Crippen LogP contribution is -2.39. The summed E-state index contributed by atoms with van der Waals surface area (Å²) in [5, 5.41) is 8.81. The average Bonchev–Trinajstić information content (AvgIpc) is 2.92. The lowest BCUT2D eigenvalue weighted by Gasteiger charge is -2.12. The lowest BCUT2D eigenvalue weighted by molar-refractivity contribution is 0.233. The third kappa shape index (κ3) is 4.85. The van der Waals surface area contributed by atoms with E-state index >= 15 is 0 Å². The molecule has 0 spiro atoms. The predicted molar refractivity (Wildman–Crippen MR) is 86.5 cm³/mol. The maximum Gasteiger partial charge on any atom is 0.315 e. The monoisotopic (exact) mass is 340 g/mol. The van der Waals surface area contributed by atoms with Gasteiger partial charge < -0.3 is 15.4 Å². The Kier molecular flexibility index (Phi) is 5.97. The Hall–Kier alpha value is -1.86. The molecule has 0 aromatic carbocycles. The molecule has 0 bridgehead atoms. The third-order valence-electron chi connectivity index (χ3n) is 2.71. The van der Waals surface area contributed by atoms with E-state index in [0.29, 0.717) is 17.4 Å². The predicted octanol–water partition coefficient (Wildman–Crippen LogP) is 2.94. The molecule has 2 N–H and O–H groups in total. The quantitative estimate of drug-likeness (QED) is 0.793. The fourth-order valence-electron chi connectivity index (χ4n) is 1.67. The average molecular weight is 341 g/mol. The number of urea groups is 1. The van der Waals surface area contributed by atoms with Crippen molar-refractivity contribution >= 4 is 29.0 Å². The molecule has 0 aliphatic carbocycles. The largest absolute Gasteiger partial charge is 0.475 e. The second-order valence-electron chi connectivity index (χ2n) is 4.59. The van der Waals surface area contributed by atoms with Crippen LogP contribution in [-0.2, 0) is 0 Å². The van der Waals surface area contributed by atoms with Crippen LogP contribution < -0.4 is 15.4 Å². The molecule has 0 saturated heterocycles. The van der Waals surface area contributed by atoms with Gasteiger partial charge in [0.15, 0.2) is 0 Å². The van der Waals surface area contributed by atoms with E-state index in [1.54, 1.807) is 18.3 Å². The number of rotatable bonds is 6. The van der Waals surface area contributed by atoms with E-state index < -0.39 is 0 Å². The van der Waals surface area contributed by atoms with Gasteiger partial charge in [-0.05, 0) is 26.0 Å². The molecule has 2 aromatic heterocycles. The highest BCUT2D eigenvalue weighted by Crippen LogP contribution is 2.19. The maximum absolute atomic E-state index is 11.8. The van der Waals surface area contributed by atoms with E-state index in [1.165, 1.54) is 11.3 Å². The molecule has 0 unspecified atom stereocenters. The van der Waals surface area contributed by atoms with Gasteiger partial charge in [0.05, 0.1) is 12.6 Å². The molecule has 0 aliphatic rings. The Morgan fingerprint density at radius 2 is 2.36 bits per heavy atom. The molecule has 2 amide bonds. The Morgan fingerprint density at radius 3 is 3.05 bits per heavy atom. The summed E-state index contributed by atoms with van der Waals surface area (Å²) in [4.78, 5) is 20.1. The van der Waals surface area contributed by atoms with Crippen molar-refractivity contribution in [2.24, 2.45) is 0 Å². The van der Waals surface area contributed by atoms with Crippen molar-refractivity contribution in [2.75, 3.05) is 13.2 Å². The first-order valence-electron chi connectivity index (χ1n) is 6.76. The van der Waals surface area contributed by atoms with Gasteiger partial charge >= 0.3 is 6.03 Å². The maximum atomic E-state index is 11.8. The van der Waals surface area contributed by atoms with Gasteiger partial charge in [0, 0.05) is 17.3 Å². The summed E-state index contributed by atoms with van der Waals surface area (Å²) >= 11 is 7.44. The molecular formula is C14H17ClN4O2S. The van der Waals surface area contributed by atoms with Crippen LogP contribution in [0.25, 0.3) is 0 Å². The van der Waals surface area contributed by atoms with Crippen LogP contribution in [-0.4, -0.2) is 29.2 Å². The molecule has 2 heterocycles. The number of thiazole rings is 1. The van der Waals surface area contributed by atoms with Gasteiger partial charge in [-0.3, -0.25) is 0 Å². The van der Waals surface area contributed by atoms with E-state index in [-0.39, 0.29) is 18.7 Å². The van der Waals surface area contributed by atoms with Crippen LogP contribution in [0.2, 0.25) is 5.02 Å². The molecular weight excluding hydrogens is 324 g/mol. The van der Waals surface area contributed by atoms with Crippen LogP contribution >= 0.6 is 22.9 Å². The number of carbonyl (C=O) groups excluding carboxylic acids is 1. The molecule has 6 nitrogen and oxygen atoms in total. The zero-order valence-electron chi connectivity index (χ0n) is 12.3. The Labute approximate surface area is 137 Å². The Bertz CT molecular complexity index is 635. The van der Waals surface area contributed by atoms with Crippen molar-refractivity contribution < 1.29 is 9.53 Å². The van der Waals surface area contributed by atoms with E-state index in [2.05, 4.69) is 20.6 Å². The summed E-state index contributed by atoms with van der Waals surface area (Å²) in [6.45, 7) is 4.45. The number of hydrogen-bond acceptors (Lipinski definition) is 5. The summed E-state index contributed by atoms with van der Waals surface area (Å²) in [5.74, 6) is 0.359. The van der Waals surface area contributed by atoms with Gasteiger partial charge in [0.2, 0.25) is 5.88 Å². The highest BCUT2D eigenvalue weighted by atomic mass is 35.5. The summed E-state index contributed by atoms with van der Waals surface area (Å²) in [6.07, 6.45) is 1.60. The zero-order chi connectivity index (χ0) is 15.9. The van der Waals surface area contributed by atoms with E-state index in [9.17, 15) is 4.79 Å². The summed E-state index contributed by atoms with van der Waals surface area (Å²) in [6, 6.07) is 3.02. The molecule has 0 radical (unpaired) electrons. The van der Waals surface area contributed by atoms with Gasteiger partial charge in [-0.25, -0.2) is 14.8 Å². The first kappa shape index (κ1) is 16.5. The minimum absolute atomic E-state index is 0.134. The van der Waals surface area contributed by atoms with Crippen molar-refractivity contribution in [1.29, 1.82) is 0 Å². The van der Waals surface area contributed by atoms with Crippen molar-refractivity contribution in [1.82, 2.24) is 20.6 Å². The second-order valence-corrected chi connectivity index (χ2v) is 5.88. The molecule has 22 heavy (non-hydrogen) atoms. The van der Waals surface area contributed by atoms with Crippen molar-refractivity contribution in [3.8, 4) is 5.88 Å². The summed E-state index contributed by atoms with van der Waals surface area (Å²) < 4.78 is 5.38. The van der Waals surface area contributed by atoms with E-state index in [4.69, 9.17) is 16.3 Å². The number of carbonyl (C=O) groups is 1. The molecule has 1 atom stereocenters. The molecule has 0 fully saturated rings. The van der Waals surface area contributed by atoms with Gasteiger partial charge in [-0.1, -0.05) is 11.6 Å². The first-order valence-corrected chi connectivity index (χ1v) is 8.01. The third-order valence-corrected chi connectivity index (χ3v) is 4.14. The Balaban J connectivity index is 1.69. The first-order chi connectivity index (χ1) is 10.6. The van der Waals surface area contributed by atoms with Crippen LogP contribution in [0.4, 0.5) is 4.79 Å². The van der Waals surface area contributed by atoms with Crippen molar-refractivity contribution in [3.63, 3.8) is 0 Å². The second kappa shape index (κ2) is 7.95. The van der Waals surface area contributed by atoms with Gasteiger partial charge in [0.25, 0.3) is 0 Å². The van der Waals surface area contributed by atoms with Gasteiger partial charge in [-0.2, -0.15) is 0 Å². The van der Waals surface area contributed by atoms with Gasteiger partial charge in [0.1, 0.15) is 16.6 Å². The number of amides is 2. The number of halogens is 1. The zero-order valence-corrected chi connectivity index (χ0v) is 13.9. The minimum atomic E-state index is -0.268. The van der Waals surface area contributed by atoms with Crippen molar-refractivity contribution in [3.05, 3.63) is 39.4 Å². The van der Waals surface area contributed by atoms with Crippen LogP contribution in [0.1, 0.15) is 23.7 Å². The molecule has 0 saturated carbocycles. The molecule has 2 rings (SSSR count). The standard InChI is InChI=1S/C14H17ClN4O2S/c1-9-8-22-13(18-9)10(2)19-14(20)17-6-7-21-12-11(15)4-3-5-16-12/h3-5,8,10H,6-7H2,1-2H3,(H2,17,19,20)/t10-/m1/s1. The summed E-state index contributed by atoms with van der Waals surface area (Å²) in [7, 11) is 0. The van der Waals surface area contributed by atoms with Crippen molar-refractivity contribution in [2.45, 2.75) is 19.9 Å². The molecule has 8 heteroatoms. The molecule has 0 aliphatic heterocycles. The fourth-order valence-corrected chi connectivity index (χ4v) is 2.65. The lowest BCUT2D eigenvalue weighted by atomic mass is 10.3. The number of nitrogens with one attached hydrogen (secondary N) is 2. The molecule has 118 valence electrons. The number of pyridine rings is 1. The highest BCUT2D eigenvalue weighted by Gasteiger charge is 2.12. The SMILES string of the molecule is Cc1csc([C@@H](C)NC(=O)NCCOc2ncccc2Cl)n1. The highest BCUT2D eigenvalue weighted by molar-refractivity contribution is 7.09. The number of hydrogen-bond donors (Lipinski definition) is 2. The smallest absolute Gasteiger partial charge is 0.315 e. The summed E-state index contributed by atoms with van der Waals surface area (Å²) in [5.41, 5.74) is 0.953. The van der Waals surface area contributed by atoms with Crippen LogP contribution in [0.5, 0.6) is 5.88 Å². The van der Waals surface area contributed by atoms with Crippen LogP contribution in [0.15, 0.2) is 23.7 Å². The number of aryl methyl sites for hydroxylation is 1. The number of ether oxygens (including phenoxy) is 1. The minimum Gasteiger partial charge on any atom is -0.475 e. The fraction of sp³-hybridized carbons (Fsp3) is 0.357.